The van der Waals surface area contributed by atoms with Crippen LogP contribution in [0.1, 0.15) is 35.3 Å². The van der Waals surface area contributed by atoms with E-state index in [2.05, 4.69) is 16.8 Å². The second-order valence-corrected chi connectivity index (χ2v) is 9.33. The van der Waals surface area contributed by atoms with Crippen molar-refractivity contribution >= 4 is 11.8 Å². The predicted octanol–water partition coefficient (Wildman–Crippen LogP) is 1.72. The quantitative estimate of drug-likeness (QED) is 0.637. The van der Waals surface area contributed by atoms with Crippen LogP contribution in [0.25, 0.3) is 0 Å². The number of carbonyl (C=O) groups excluding carboxylic acids is 2. The fourth-order valence-electron chi connectivity index (χ4n) is 3.82. The lowest BCUT2D eigenvalue weighted by atomic mass is 10.00. The Morgan fingerprint density at radius 3 is 2.57 bits per heavy atom. The molecule has 35 heavy (non-hydrogen) atoms. The number of nitrogens with zero attached hydrogens (tertiary/aromatic N) is 4. The maximum Gasteiger partial charge on any atom is 0.259 e. The molecule has 8 heteroatoms. The van der Waals surface area contributed by atoms with Crippen molar-refractivity contribution in [2.24, 2.45) is 5.92 Å². The molecule has 0 unspecified atom stereocenters. The number of aromatic nitrogens is 1. The van der Waals surface area contributed by atoms with Crippen LogP contribution in [0.3, 0.4) is 0 Å². The van der Waals surface area contributed by atoms with Gasteiger partial charge in [0.1, 0.15) is 11.7 Å². The number of pyridine rings is 1. The van der Waals surface area contributed by atoms with Crippen LogP contribution in [-0.4, -0.2) is 96.1 Å². The molecular formula is C27H34N4O4. The summed E-state index contributed by atoms with van der Waals surface area (Å²) in [5.74, 6) is 5.97. The Labute approximate surface area is 207 Å². The predicted molar refractivity (Wildman–Crippen MR) is 134 cm³/mol. The second kappa shape index (κ2) is 11.8. The van der Waals surface area contributed by atoms with Gasteiger partial charge in [-0.1, -0.05) is 37.0 Å². The van der Waals surface area contributed by atoms with E-state index in [0.29, 0.717) is 30.8 Å². The molecule has 3 rings (SSSR count). The van der Waals surface area contributed by atoms with Gasteiger partial charge in [-0.2, -0.15) is 0 Å². The van der Waals surface area contributed by atoms with E-state index in [1.54, 1.807) is 36.0 Å². The molecule has 1 N–H and O–H groups in total. The molecule has 2 aromatic rings. The molecule has 1 aromatic heterocycles. The fourth-order valence-corrected chi connectivity index (χ4v) is 3.82. The van der Waals surface area contributed by atoms with Gasteiger partial charge in [0.15, 0.2) is 0 Å². The monoisotopic (exact) mass is 478 g/mol. The van der Waals surface area contributed by atoms with Crippen LogP contribution in [0.15, 0.2) is 42.6 Å². The Morgan fingerprint density at radius 2 is 1.91 bits per heavy atom. The normalized spacial score (nSPS) is 18.5. The number of aliphatic hydroxyl groups excluding tert-OH is 1. The van der Waals surface area contributed by atoms with Gasteiger partial charge in [-0.25, -0.2) is 4.98 Å². The third-order valence-corrected chi connectivity index (χ3v) is 5.98. The third-order valence-electron chi connectivity index (χ3n) is 5.98. The van der Waals surface area contributed by atoms with Crippen molar-refractivity contribution in [1.82, 2.24) is 19.7 Å². The molecule has 1 aliphatic rings. The summed E-state index contributed by atoms with van der Waals surface area (Å²) in [5.41, 5.74) is 1.74. The Kier molecular flexibility index (Phi) is 8.85. The van der Waals surface area contributed by atoms with Gasteiger partial charge in [-0.05, 0) is 39.2 Å². The van der Waals surface area contributed by atoms with Crippen LogP contribution in [0.5, 0.6) is 5.88 Å². The summed E-state index contributed by atoms with van der Waals surface area (Å²) in [6.45, 7) is 4.63. The molecule has 1 aliphatic heterocycles. The number of ether oxygens (including phenoxy) is 1. The molecule has 0 radical (unpaired) electrons. The summed E-state index contributed by atoms with van der Waals surface area (Å²) >= 11 is 0. The lowest BCUT2D eigenvalue weighted by molar-refractivity contribution is -0.132. The summed E-state index contributed by atoms with van der Waals surface area (Å²) in [5, 5.41) is 9.81. The first-order chi connectivity index (χ1) is 16.7. The molecule has 2 amide bonds. The van der Waals surface area contributed by atoms with Crippen molar-refractivity contribution < 1.29 is 19.4 Å². The molecule has 8 nitrogen and oxygen atoms in total. The minimum atomic E-state index is -0.389. The molecule has 0 aliphatic carbocycles. The number of likely N-dealkylation sites (N-methyl/N-ethyl adjacent to an activating group) is 2. The largest absolute Gasteiger partial charge is 0.472 e. The van der Waals surface area contributed by atoms with Gasteiger partial charge in [0.2, 0.25) is 11.8 Å². The summed E-state index contributed by atoms with van der Waals surface area (Å²) in [6, 6.07) is 10.9. The van der Waals surface area contributed by atoms with Gasteiger partial charge >= 0.3 is 0 Å². The summed E-state index contributed by atoms with van der Waals surface area (Å²) in [7, 11) is 5.44. The summed E-state index contributed by atoms with van der Waals surface area (Å²) in [6.07, 6.45) is 1.20. The van der Waals surface area contributed by atoms with Gasteiger partial charge in [0.05, 0.1) is 25.7 Å². The van der Waals surface area contributed by atoms with Gasteiger partial charge < -0.3 is 24.5 Å². The maximum atomic E-state index is 13.5. The first-order valence-corrected chi connectivity index (χ1v) is 11.7. The highest BCUT2D eigenvalue weighted by Crippen LogP contribution is 2.27. The van der Waals surface area contributed by atoms with Gasteiger partial charge in [0, 0.05) is 36.8 Å². The van der Waals surface area contributed by atoms with Crippen molar-refractivity contribution in [3.63, 3.8) is 0 Å². The van der Waals surface area contributed by atoms with E-state index in [1.165, 1.54) is 0 Å². The first-order valence-electron chi connectivity index (χ1n) is 11.7. The maximum absolute atomic E-state index is 13.5. The number of amides is 2. The van der Waals surface area contributed by atoms with Crippen LogP contribution in [-0.2, 0) is 4.79 Å². The molecule has 0 saturated heterocycles. The summed E-state index contributed by atoms with van der Waals surface area (Å²) in [4.78, 5) is 35.6. The van der Waals surface area contributed by atoms with E-state index in [9.17, 15) is 14.7 Å². The second-order valence-electron chi connectivity index (χ2n) is 9.33. The smallest absolute Gasteiger partial charge is 0.259 e. The van der Waals surface area contributed by atoms with E-state index in [4.69, 9.17) is 4.74 Å². The average molecular weight is 479 g/mol. The van der Waals surface area contributed by atoms with Crippen molar-refractivity contribution in [3.05, 3.63) is 59.3 Å². The molecule has 0 bridgehead atoms. The molecule has 0 saturated carbocycles. The zero-order valence-corrected chi connectivity index (χ0v) is 21.1. The van der Waals surface area contributed by atoms with Crippen LogP contribution >= 0.6 is 0 Å². The SMILES string of the molecule is C[C@@H]1CN([C@@H](C)CO)C(=O)c2cc(C#Cc3ccccc3)cnc2O[C@H]1CN(C)C(=O)CN(C)C. The zero-order chi connectivity index (χ0) is 25.5. The molecule has 0 fully saturated rings. The molecule has 186 valence electrons. The molecular weight excluding hydrogens is 444 g/mol. The number of aliphatic hydroxyl groups is 1. The van der Waals surface area contributed by atoms with E-state index < -0.39 is 0 Å². The lowest BCUT2D eigenvalue weighted by Gasteiger charge is -2.37. The highest BCUT2D eigenvalue weighted by Gasteiger charge is 2.34. The first kappa shape index (κ1) is 26.2. The van der Waals surface area contributed by atoms with Crippen molar-refractivity contribution in [3.8, 4) is 17.7 Å². The number of hydrogen-bond acceptors (Lipinski definition) is 6. The van der Waals surface area contributed by atoms with E-state index in [1.807, 2.05) is 56.3 Å². The number of rotatable bonds is 6. The molecule has 2 heterocycles. The standard InChI is InChI=1S/C27H34N4O4/c1-19-15-31(20(2)18-32)27(34)23-13-22(12-11-21-9-7-6-8-10-21)14-28-26(23)35-24(19)16-30(5)25(33)17-29(3)4/h6-10,13-14,19-20,24,32H,15-18H2,1-5H3/t19-,20+,24+/m1/s1. The van der Waals surface area contributed by atoms with E-state index in [-0.39, 0.29) is 42.4 Å². The van der Waals surface area contributed by atoms with Crippen LogP contribution < -0.4 is 4.74 Å². The minimum Gasteiger partial charge on any atom is -0.472 e. The van der Waals surface area contributed by atoms with Gasteiger partial charge in [0.25, 0.3) is 5.91 Å². The Morgan fingerprint density at radius 1 is 1.23 bits per heavy atom. The van der Waals surface area contributed by atoms with Gasteiger partial charge in [-0.3, -0.25) is 9.59 Å². The van der Waals surface area contributed by atoms with Crippen LogP contribution in [0.2, 0.25) is 0 Å². The van der Waals surface area contributed by atoms with Crippen LogP contribution in [0, 0.1) is 17.8 Å². The Bertz CT molecular complexity index is 1090. The average Bonchev–Trinajstić information content (AvgIpc) is 2.84. The van der Waals surface area contributed by atoms with Crippen molar-refractivity contribution in [2.75, 3.05) is 47.4 Å². The molecule has 3 atom stereocenters. The molecule has 1 aromatic carbocycles. The summed E-state index contributed by atoms with van der Waals surface area (Å²) < 4.78 is 6.25. The lowest BCUT2D eigenvalue weighted by Crippen LogP contribution is -2.51. The van der Waals surface area contributed by atoms with E-state index in [0.717, 1.165) is 5.56 Å². The van der Waals surface area contributed by atoms with Gasteiger partial charge in [-0.15, -0.1) is 0 Å². The number of fused-ring (bicyclic) bond motifs is 1. The highest BCUT2D eigenvalue weighted by molar-refractivity contribution is 5.97. The topological polar surface area (TPSA) is 86.2 Å². The Balaban J connectivity index is 1.95. The zero-order valence-electron chi connectivity index (χ0n) is 21.1. The van der Waals surface area contributed by atoms with Crippen molar-refractivity contribution in [2.45, 2.75) is 26.0 Å². The minimum absolute atomic E-state index is 0.0239. The number of hydrogen-bond donors (Lipinski definition) is 1. The van der Waals surface area contributed by atoms with Crippen LogP contribution in [0.4, 0.5) is 0 Å². The Hall–Kier alpha value is -3.41. The van der Waals surface area contributed by atoms with Crippen molar-refractivity contribution in [1.29, 1.82) is 0 Å². The third kappa shape index (κ3) is 6.81. The highest BCUT2D eigenvalue weighted by atomic mass is 16.5. The molecule has 0 spiro atoms. The number of carbonyl (C=O) groups is 2. The van der Waals surface area contributed by atoms with E-state index >= 15 is 0 Å². The fraction of sp³-hybridized carbons (Fsp3) is 0.444. The number of benzene rings is 1.